The molecule has 0 aliphatic heterocycles. The number of carbonyl (C=O) groups is 1. The number of hydrogen-bond donors (Lipinski definition) is 2. The van der Waals surface area contributed by atoms with E-state index in [4.69, 9.17) is 0 Å². The van der Waals surface area contributed by atoms with Crippen LogP contribution in [0.5, 0.6) is 0 Å². The topological polar surface area (TPSA) is 73.1 Å². The molecule has 170 valence electrons. The number of carboxylic acid groups (broad SMARTS) is 1. The quantitative estimate of drug-likeness (QED) is 0.509. The maximum Gasteiger partial charge on any atom is 0.407 e. The molecule has 0 aromatic heterocycles. The minimum Gasteiger partial charge on any atom is -0.480 e. The van der Waals surface area contributed by atoms with Gasteiger partial charge in [0.2, 0.25) is 0 Å². The Labute approximate surface area is 183 Å². The van der Waals surface area contributed by atoms with Gasteiger partial charge in [0.15, 0.2) is 0 Å². The lowest BCUT2D eigenvalue weighted by atomic mass is 9.94. The lowest BCUT2D eigenvalue weighted by Gasteiger charge is -2.28. The van der Waals surface area contributed by atoms with Crippen molar-refractivity contribution in [1.82, 2.24) is 5.32 Å². The average Bonchev–Trinajstić information content (AvgIpc) is 3.51. The first-order valence-electron chi connectivity index (χ1n) is 10.2. The average molecular weight is 448 g/mol. The van der Waals surface area contributed by atoms with Crippen molar-refractivity contribution in [2.24, 2.45) is 0 Å². The van der Waals surface area contributed by atoms with Crippen LogP contribution in [0.2, 0.25) is 0 Å². The molecule has 8 heteroatoms. The van der Waals surface area contributed by atoms with Crippen molar-refractivity contribution in [3.63, 3.8) is 0 Å². The normalized spacial score (nSPS) is 17.3. The third-order valence-corrected chi connectivity index (χ3v) is 5.66. The van der Waals surface area contributed by atoms with E-state index in [2.05, 4.69) is 11.4 Å². The molecule has 4 nitrogen and oxygen atoms in total. The third kappa shape index (κ3) is 5.46. The van der Waals surface area contributed by atoms with E-state index in [0.717, 1.165) is 37.8 Å². The maximum absolute atomic E-state index is 13.9. The van der Waals surface area contributed by atoms with Gasteiger partial charge in [-0.3, -0.25) is 10.1 Å². The summed E-state index contributed by atoms with van der Waals surface area (Å²) in [6.07, 6.45) is -3.74. The van der Waals surface area contributed by atoms with Crippen LogP contribution >= 0.6 is 0 Å². The molecule has 32 heavy (non-hydrogen) atoms. The van der Waals surface area contributed by atoms with E-state index in [1.807, 2.05) is 24.3 Å². The van der Waals surface area contributed by atoms with Crippen molar-refractivity contribution in [2.45, 2.75) is 62.5 Å². The van der Waals surface area contributed by atoms with Gasteiger partial charge in [-0.05, 0) is 48.9 Å². The second kappa shape index (κ2) is 8.55. The molecule has 0 radical (unpaired) electrons. The van der Waals surface area contributed by atoms with Gasteiger partial charge >= 0.3 is 12.1 Å². The van der Waals surface area contributed by atoms with E-state index in [9.17, 15) is 32.7 Å². The summed E-state index contributed by atoms with van der Waals surface area (Å²) in [5, 5.41) is 20.6. The number of nitrogens with one attached hydrogen (secondary N) is 1. The van der Waals surface area contributed by atoms with Gasteiger partial charge in [-0.15, -0.1) is 0 Å². The van der Waals surface area contributed by atoms with E-state index in [1.165, 1.54) is 24.3 Å². The summed E-state index contributed by atoms with van der Waals surface area (Å²) in [7, 11) is 0. The van der Waals surface area contributed by atoms with Crippen molar-refractivity contribution < 1.29 is 27.5 Å². The number of nitriles is 1. The fourth-order valence-corrected chi connectivity index (χ4v) is 3.72. The van der Waals surface area contributed by atoms with Crippen molar-refractivity contribution in [1.29, 1.82) is 5.26 Å². The number of benzene rings is 2. The molecular formula is C24H24F4N2O2. The van der Waals surface area contributed by atoms with Crippen LogP contribution in [0, 0.1) is 11.3 Å². The molecular weight excluding hydrogens is 424 g/mol. The minimum absolute atomic E-state index is 0.165. The number of carboxylic acids is 1. The Hall–Kier alpha value is -2.92. The molecule has 0 saturated heterocycles. The first kappa shape index (κ1) is 23.7. The fraction of sp³-hybridized carbons (Fsp3) is 0.417. The molecule has 1 aliphatic carbocycles. The first-order chi connectivity index (χ1) is 14.8. The molecule has 0 heterocycles. The lowest BCUT2D eigenvalue weighted by molar-refractivity contribution is -0.164. The predicted molar refractivity (Wildman–Crippen MR) is 112 cm³/mol. The van der Waals surface area contributed by atoms with Crippen molar-refractivity contribution in [3.05, 3.63) is 59.7 Å². The molecule has 2 aromatic rings. The van der Waals surface area contributed by atoms with Crippen LogP contribution < -0.4 is 5.32 Å². The molecule has 1 aliphatic rings. The molecule has 0 amide bonds. The molecule has 1 fully saturated rings. The number of hydrogen-bond acceptors (Lipinski definition) is 3. The summed E-state index contributed by atoms with van der Waals surface area (Å²) in [6, 6.07) is 11.3. The molecule has 2 aromatic carbocycles. The molecule has 0 bridgehead atoms. The zero-order valence-electron chi connectivity index (χ0n) is 17.7. The Morgan fingerprint density at radius 1 is 1.06 bits per heavy atom. The molecule has 3 rings (SSSR count). The standard InChI is InChI=1S/C24H24F4N2O2/c1-22(2,25)13-19(21(31)32)30-20(24(26,27)28)17-5-3-15(4-6-17)16-7-9-18(10-8-16)23(14-29)11-12-23/h3-10,19-20,30H,11-13H2,1-2H3,(H,31,32)/t19?,20-/m0/s1. The summed E-state index contributed by atoms with van der Waals surface area (Å²) in [5.74, 6) is -1.55. The molecule has 1 unspecified atom stereocenters. The van der Waals surface area contributed by atoms with E-state index >= 15 is 0 Å². The van der Waals surface area contributed by atoms with Crippen LogP contribution in [0.15, 0.2) is 48.5 Å². The number of aliphatic carboxylic acids is 1. The summed E-state index contributed by atoms with van der Waals surface area (Å²) in [5.41, 5.74) is -0.134. The maximum atomic E-state index is 13.9. The van der Waals surface area contributed by atoms with Gasteiger partial charge < -0.3 is 5.11 Å². The largest absolute Gasteiger partial charge is 0.480 e. The molecule has 2 atom stereocenters. The number of nitrogens with zero attached hydrogens (tertiary/aromatic N) is 1. The smallest absolute Gasteiger partial charge is 0.407 e. The fourth-order valence-electron chi connectivity index (χ4n) is 3.72. The minimum atomic E-state index is -4.77. The highest BCUT2D eigenvalue weighted by Crippen LogP contribution is 2.47. The van der Waals surface area contributed by atoms with Gasteiger partial charge in [0, 0.05) is 6.42 Å². The monoisotopic (exact) mass is 448 g/mol. The van der Waals surface area contributed by atoms with Gasteiger partial charge in [0.1, 0.15) is 17.8 Å². The number of rotatable bonds is 8. The highest BCUT2D eigenvalue weighted by atomic mass is 19.4. The summed E-state index contributed by atoms with van der Waals surface area (Å²) in [6.45, 7) is 2.24. The van der Waals surface area contributed by atoms with Crippen LogP contribution in [-0.2, 0) is 10.2 Å². The van der Waals surface area contributed by atoms with Crippen molar-refractivity contribution in [3.8, 4) is 17.2 Å². The number of alkyl halides is 4. The summed E-state index contributed by atoms with van der Waals surface area (Å²) < 4.78 is 55.0. The van der Waals surface area contributed by atoms with Crippen LogP contribution in [0.4, 0.5) is 17.6 Å². The predicted octanol–water partition coefficient (Wildman–Crippen LogP) is 5.69. The van der Waals surface area contributed by atoms with Gasteiger partial charge in [-0.1, -0.05) is 48.5 Å². The van der Waals surface area contributed by atoms with E-state index in [-0.39, 0.29) is 5.56 Å². The van der Waals surface area contributed by atoms with Crippen molar-refractivity contribution in [2.75, 3.05) is 0 Å². The van der Waals surface area contributed by atoms with Crippen LogP contribution in [0.25, 0.3) is 11.1 Å². The molecule has 2 N–H and O–H groups in total. The van der Waals surface area contributed by atoms with E-state index in [0.29, 0.717) is 5.56 Å². The highest BCUT2D eigenvalue weighted by Gasteiger charge is 2.45. The SMILES string of the molecule is CC(C)(F)CC(N[C@@H](c1ccc(-c2ccc(C3(C#N)CC3)cc2)cc1)C(F)(F)F)C(=O)O. The van der Waals surface area contributed by atoms with Gasteiger partial charge in [-0.2, -0.15) is 18.4 Å². The Morgan fingerprint density at radius 2 is 1.56 bits per heavy atom. The van der Waals surface area contributed by atoms with Crippen LogP contribution in [0.3, 0.4) is 0 Å². The van der Waals surface area contributed by atoms with Crippen LogP contribution in [-0.4, -0.2) is 29.0 Å². The highest BCUT2D eigenvalue weighted by molar-refractivity contribution is 5.73. The Bertz CT molecular complexity index is 999. The summed E-state index contributed by atoms with van der Waals surface area (Å²) >= 11 is 0. The van der Waals surface area contributed by atoms with E-state index < -0.39 is 41.7 Å². The van der Waals surface area contributed by atoms with Gasteiger partial charge in [0.25, 0.3) is 0 Å². The number of halogens is 4. The lowest BCUT2D eigenvalue weighted by Crippen LogP contribution is -2.47. The Morgan fingerprint density at radius 3 is 1.94 bits per heavy atom. The van der Waals surface area contributed by atoms with Crippen molar-refractivity contribution >= 4 is 5.97 Å². The molecule has 1 saturated carbocycles. The third-order valence-electron chi connectivity index (χ3n) is 5.66. The van der Waals surface area contributed by atoms with Gasteiger partial charge in [0.05, 0.1) is 11.5 Å². The first-order valence-corrected chi connectivity index (χ1v) is 10.2. The Kier molecular flexibility index (Phi) is 6.34. The second-order valence-electron chi connectivity index (χ2n) is 8.85. The van der Waals surface area contributed by atoms with E-state index in [1.54, 1.807) is 0 Å². The zero-order valence-corrected chi connectivity index (χ0v) is 17.7. The second-order valence-corrected chi connectivity index (χ2v) is 8.85. The van der Waals surface area contributed by atoms with Gasteiger partial charge in [-0.25, -0.2) is 4.39 Å². The van der Waals surface area contributed by atoms with Crippen LogP contribution in [0.1, 0.15) is 50.3 Å². The summed E-state index contributed by atoms with van der Waals surface area (Å²) in [4.78, 5) is 11.4. The Balaban J connectivity index is 1.82. The molecule has 0 spiro atoms. The zero-order chi connectivity index (χ0) is 23.7.